The van der Waals surface area contributed by atoms with Crippen LogP contribution in [0.25, 0.3) is 0 Å². The van der Waals surface area contributed by atoms with Gasteiger partial charge in [0.2, 0.25) is 0 Å². The number of rotatable bonds is 42. The van der Waals surface area contributed by atoms with E-state index in [1.165, 1.54) is 96.3 Å². The van der Waals surface area contributed by atoms with Crippen LogP contribution in [0.3, 0.4) is 0 Å². The molecule has 0 saturated carbocycles. The average Bonchev–Trinajstić information content (AvgIpc) is 3.21. The predicted octanol–water partition coefficient (Wildman–Crippen LogP) is 15.3. The lowest BCUT2D eigenvalue weighted by Gasteiger charge is -2.18. The number of hydrogen-bond acceptors (Lipinski definition) is 6. The summed E-state index contributed by atoms with van der Waals surface area (Å²) in [6, 6.07) is 0. The van der Waals surface area contributed by atoms with Crippen LogP contribution in [0.5, 0.6) is 0 Å². The van der Waals surface area contributed by atoms with Crippen LogP contribution in [0.15, 0.2) is 60.8 Å². The first kappa shape index (κ1) is 54.1. The second-order valence-electron chi connectivity index (χ2n) is 15.7. The van der Waals surface area contributed by atoms with Crippen molar-refractivity contribution >= 4 is 17.9 Å². The molecule has 0 rings (SSSR count). The van der Waals surface area contributed by atoms with Crippen molar-refractivity contribution in [2.45, 2.75) is 232 Å². The van der Waals surface area contributed by atoms with Gasteiger partial charge in [0.05, 0.1) is 0 Å². The highest BCUT2D eigenvalue weighted by Crippen LogP contribution is 2.14. The molecule has 6 heteroatoms. The van der Waals surface area contributed by atoms with Gasteiger partial charge in [0.25, 0.3) is 0 Å². The highest BCUT2D eigenvalue weighted by atomic mass is 16.6. The summed E-state index contributed by atoms with van der Waals surface area (Å²) in [5.41, 5.74) is 0. The summed E-state index contributed by atoms with van der Waals surface area (Å²) < 4.78 is 16.7. The van der Waals surface area contributed by atoms with Crippen molar-refractivity contribution in [3.05, 3.63) is 60.8 Å². The van der Waals surface area contributed by atoms with Crippen LogP contribution < -0.4 is 0 Å². The van der Waals surface area contributed by atoms with Gasteiger partial charge in [-0.15, -0.1) is 0 Å². The maximum atomic E-state index is 12.7. The first-order chi connectivity index (χ1) is 28.0. The SMILES string of the molecule is CC\C=C/C=C\C=C/CCCCCCCCCC(=O)OCC(COC(=O)CCCCCCC/C=C\CCCCC)OC(=O)CCCCCCC/C=C\CCCCC. The van der Waals surface area contributed by atoms with E-state index in [1.807, 2.05) is 0 Å². The average molecular weight is 797 g/mol. The van der Waals surface area contributed by atoms with E-state index in [1.54, 1.807) is 0 Å². The largest absolute Gasteiger partial charge is 0.462 e. The number of ether oxygens (including phenoxy) is 3. The number of esters is 3. The van der Waals surface area contributed by atoms with Crippen LogP contribution in [0.1, 0.15) is 226 Å². The summed E-state index contributed by atoms with van der Waals surface area (Å²) in [4.78, 5) is 37.8. The Hall–Kier alpha value is -2.89. The number of carbonyl (C=O) groups excluding carboxylic acids is 3. The molecule has 0 radical (unpaired) electrons. The molecule has 0 aromatic rings. The van der Waals surface area contributed by atoms with E-state index >= 15 is 0 Å². The Kier molecular flexibility index (Phi) is 43.5. The van der Waals surface area contributed by atoms with E-state index in [9.17, 15) is 14.4 Å². The number of hydrogen-bond donors (Lipinski definition) is 0. The lowest BCUT2D eigenvalue weighted by atomic mass is 10.1. The Morgan fingerprint density at radius 3 is 1.11 bits per heavy atom. The molecule has 0 aliphatic rings. The highest BCUT2D eigenvalue weighted by Gasteiger charge is 2.19. The van der Waals surface area contributed by atoms with E-state index < -0.39 is 6.10 Å². The van der Waals surface area contributed by atoms with Crippen LogP contribution in [-0.2, 0) is 28.6 Å². The molecule has 1 unspecified atom stereocenters. The van der Waals surface area contributed by atoms with E-state index in [0.29, 0.717) is 19.3 Å². The monoisotopic (exact) mass is 797 g/mol. The van der Waals surface area contributed by atoms with Crippen LogP contribution in [-0.4, -0.2) is 37.2 Å². The summed E-state index contributed by atoms with van der Waals surface area (Å²) in [6.45, 7) is 6.43. The Balaban J connectivity index is 4.41. The molecule has 0 amide bonds. The molecule has 0 aliphatic heterocycles. The van der Waals surface area contributed by atoms with Gasteiger partial charge in [0.1, 0.15) is 13.2 Å². The van der Waals surface area contributed by atoms with E-state index in [0.717, 1.165) is 89.9 Å². The standard InChI is InChI=1S/C51H88O6/c1-4-7-10-13-16-19-22-25-26-27-30-32-35-38-41-44-50(53)56-47-48(57-51(54)45-42-39-36-33-29-24-21-18-15-12-9-6-3)46-55-49(52)43-40-37-34-31-28-23-20-17-14-11-8-5-2/h7,10,13,16-22,48H,4-6,8-9,11-12,14-15,23-47H2,1-3H3/b10-7-,16-13-,20-17-,21-18-,22-19-. The molecule has 0 aliphatic carbocycles. The van der Waals surface area contributed by atoms with Crippen LogP contribution in [0, 0.1) is 0 Å². The zero-order valence-corrected chi connectivity index (χ0v) is 37.3. The van der Waals surface area contributed by atoms with Gasteiger partial charge >= 0.3 is 17.9 Å². The summed E-state index contributed by atoms with van der Waals surface area (Å²) in [6.07, 6.45) is 54.8. The van der Waals surface area contributed by atoms with Crippen LogP contribution in [0.4, 0.5) is 0 Å². The molecule has 0 heterocycles. The maximum absolute atomic E-state index is 12.7. The van der Waals surface area contributed by atoms with Gasteiger partial charge in [-0.25, -0.2) is 0 Å². The molecule has 0 saturated heterocycles. The molecule has 328 valence electrons. The third kappa shape index (κ3) is 44.1. The predicted molar refractivity (Wildman–Crippen MR) is 242 cm³/mol. The van der Waals surface area contributed by atoms with Gasteiger partial charge in [0, 0.05) is 19.3 Å². The fourth-order valence-corrected chi connectivity index (χ4v) is 6.43. The topological polar surface area (TPSA) is 78.9 Å². The Morgan fingerprint density at radius 1 is 0.368 bits per heavy atom. The van der Waals surface area contributed by atoms with Crippen LogP contribution >= 0.6 is 0 Å². The molecule has 0 spiro atoms. The minimum absolute atomic E-state index is 0.0861. The number of carbonyl (C=O) groups is 3. The van der Waals surface area contributed by atoms with Gasteiger partial charge in [-0.2, -0.15) is 0 Å². The molecule has 6 nitrogen and oxygen atoms in total. The van der Waals surface area contributed by atoms with Crippen molar-refractivity contribution in [2.24, 2.45) is 0 Å². The van der Waals surface area contributed by atoms with E-state index in [4.69, 9.17) is 14.2 Å². The fourth-order valence-electron chi connectivity index (χ4n) is 6.43. The molecule has 57 heavy (non-hydrogen) atoms. The van der Waals surface area contributed by atoms with Crippen molar-refractivity contribution in [2.75, 3.05) is 13.2 Å². The van der Waals surface area contributed by atoms with E-state index in [-0.39, 0.29) is 31.1 Å². The van der Waals surface area contributed by atoms with Crippen molar-refractivity contribution in [3.63, 3.8) is 0 Å². The lowest BCUT2D eigenvalue weighted by Crippen LogP contribution is -2.30. The third-order valence-electron chi connectivity index (χ3n) is 10.0. The molecule has 0 fully saturated rings. The number of allylic oxidation sites excluding steroid dienone is 10. The Bertz CT molecular complexity index is 1050. The van der Waals surface area contributed by atoms with Gasteiger partial charge < -0.3 is 14.2 Å². The van der Waals surface area contributed by atoms with Gasteiger partial charge in [-0.1, -0.05) is 178 Å². The van der Waals surface area contributed by atoms with Crippen molar-refractivity contribution in [1.29, 1.82) is 0 Å². The molecule has 1 atom stereocenters. The molecular formula is C51H88O6. The fraction of sp³-hybridized carbons (Fsp3) is 0.745. The summed E-state index contributed by atoms with van der Waals surface area (Å²) in [5.74, 6) is -0.918. The second kappa shape index (κ2) is 45.8. The summed E-state index contributed by atoms with van der Waals surface area (Å²) in [7, 11) is 0. The summed E-state index contributed by atoms with van der Waals surface area (Å²) in [5, 5.41) is 0. The molecule has 0 aromatic carbocycles. The zero-order valence-electron chi connectivity index (χ0n) is 37.3. The molecule has 0 aromatic heterocycles. The van der Waals surface area contributed by atoms with Crippen molar-refractivity contribution in [1.82, 2.24) is 0 Å². The lowest BCUT2D eigenvalue weighted by molar-refractivity contribution is -0.167. The normalized spacial score (nSPS) is 12.5. The zero-order chi connectivity index (χ0) is 41.5. The summed E-state index contributed by atoms with van der Waals surface area (Å²) >= 11 is 0. The van der Waals surface area contributed by atoms with Gasteiger partial charge in [0.15, 0.2) is 6.10 Å². The second-order valence-corrected chi connectivity index (χ2v) is 15.7. The first-order valence-electron chi connectivity index (χ1n) is 23.8. The third-order valence-corrected chi connectivity index (χ3v) is 10.0. The molecule has 0 N–H and O–H groups in total. The van der Waals surface area contributed by atoms with Gasteiger partial charge in [-0.3, -0.25) is 14.4 Å². The number of unbranched alkanes of at least 4 members (excludes halogenated alkanes) is 23. The minimum atomic E-state index is -0.784. The Morgan fingerprint density at radius 2 is 0.702 bits per heavy atom. The quantitative estimate of drug-likeness (QED) is 0.0201. The van der Waals surface area contributed by atoms with Gasteiger partial charge in [-0.05, 0) is 89.9 Å². The van der Waals surface area contributed by atoms with Crippen LogP contribution in [0.2, 0.25) is 0 Å². The first-order valence-corrected chi connectivity index (χ1v) is 23.8. The maximum Gasteiger partial charge on any atom is 0.306 e. The molecule has 0 bridgehead atoms. The van der Waals surface area contributed by atoms with Crippen molar-refractivity contribution < 1.29 is 28.6 Å². The van der Waals surface area contributed by atoms with Crippen molar-refractivity contribution in [3.8, 4) is 0 Å². The minimum Gasteiger partial charge on any atom is -0.462 e. The van der Waals surface area contributed by atoms with E-state index in [2.05, 4.69) is 81.5 Å². The highest BCUT2D eigenvalue weighted by molar-refractivity contribution is 5.71. The smallest absolute Gasteiger partial charge is 0.306 e. The molecular weight excluding hydrogens is 709 g/mol. The Labute approximate surface area is 351 Å².